The zero-order valence-corrected chi connectivity index (χ0v) is 41.7. The monoisotopic (exact) mass is 980 g/mol. The third kappa shape index (κ3) is 11.1. The molecule has 71 heavy (non-hydrogen) atoms. The number of rotatable bonds is 24. The number of aryl methyl sites for hydroxylation is 4. The van der Waals surface area contributed by atoms with E-state index in [1.165, 1.54) is 7.11 Å². The van der Waals surface area contributed by atoms with Crippen LogP contribution in [-0.4, -0.2) is 62.2 Å². The molecule has 380 valence electrons. The number of benzene rings is 4. The second kappa shape index (κ2) is 22.8. The summed E-state index contributed by atoms with van der Waals surface area (Å²) >= 11 is 0. The van der Waals surface area contributed by atoms with Crippen molar-refractivity contribution >= 4 is 24.5 Å². The van der Waals surface area contributed by atoms with Gasteiger partial charge < -0.3 is 38.9 Å². The van der Waals surface area contributed by atoms with Crippen molar-refractivity contribution in [3.8, 4) is 34.5 Å². The number of carbonyl (C=O) groups excluding carboxylic acids is 2. The molecule has 0 aliphatic heterocycles. The summed E-state index contributed by atoms with van der Waals surface area (Å²) in [5.41, 5.74) is 5.57. The molecule has 2 aliphatic carbocycles. The van der Waals surface area contributed by atoms with Crippen molar-refractivity contribution in [3.63, 3.8) is 0 Å². The third-order valence-electron chi connectivity index (χ3n) is 14.9. The lowest BCUT2D eigenvalue weighted by Crippen LogP contribution is -2.43. The molecule has 16 heteroatoms. The fraction of sp³-hybridized carbons (Fsp3) is 0.418. The van der Waals surface area contributed by atoms with Gasteiger partial charge in [-0.1, -0.05) is 51.3 Å². The lowest BCUT2D eigenvalue weighted by Gasteiger charge is -2.52. The smallest absolute Gasteiger partial charge is 0.341 e. The minimum Gasteiger partial charge on any atom is -0.493 e. The van der Waals surface area contributed by atoms with Gasteiger partial charge in [0.2, 0.25) is 5.75 Å². The Balaban J connectivity index is 1.37. The molecule has 0 radical (unpaired) electrons. The molecule has 6 rings (SSSR count). The van der Waals surface area contributed by atoms with Gasteiger partial charge in [0.05, 0.1) is 25.3 Å². The Bertz CT molecular complexity index is 2620. The molecule has 0 bridgehead atoms. The highest BCUT2D eigenvalue weighted by Gasteiger charge is 2.49. The molecule has 4 aromatic rings. The summed E-state index contributed by atoms with van der Waals surface area (Å²) in [6.45, 7) is 17.9. The molecule has 4 aromatic carbocycles. The van der Waals surface area contributed by atoms with Crippen molar-refractivity contribution in [2.24, 2.45) is 17.3 Å². The Morgan fingerprint density at radius 1 is 0.577 bits per heavy atom. The summed E-state index contributed by atoms with van der Waals surface area (Å²) in [5.74, 6) is 0.222. The van der Waals surface area contributed by atoms with Crippen LogP contribution in [0.2, 0.25) is 0 Å². The Morgan fingerprint density at radius 3 is 1.34 bits per heavy atom. The van der Waals surface area contributed by atoms with Crippen LogP contribution in [0.25, 0.3) is 0 Å². The van der Waals surface area contributed by atoms with Gasteiger partial charge >= 0.3 is 11.9 Å². The topological polar surface area (TPSA) is 201 Å². The van der Waals surface area contributed by atoms with Crippen LogP contribution < -0.4 is 28.7 Å². The lowest BCUT2D eigenvalue weighted by molar-refractivity contribution is -0.439. The van der Waals surface area contributed by atoms with Gasteiger partial charge in [0.25, 0.3) is 0 Å². The van der Waals surface area contributed by atoms with E-state index in [0.29, 0.717) is 64.7 Å². The maximum absolute atomic E-state index is 12.7. The van der Waals surface area contributed by atoms with E-state index < -0.39 is 36.0 Å². The van der Waals surface area contributed by atoms with Crippen molar-refractivity contribution in [3.05, 3.63) is 130 Å². The van der Waals surface area contributed by atoms with Gasteiger partial charge in [-0.25, -0.2) is 9.59 Å². The van der Waals surface area contributed by atoms with Crippen LogP contribution >= 0.6 is 0 Å². The van der Waals surface area contributed by atoms with Gasteiger partial charge in [-0.05, 0) is 165 Å². The van der Waals surface area contributed by atoms with Crippen LogP contribution in [0.15, 0.2) is 74.2 Å². The van der Waals surface area contributed by atoms with Crippen molar-refractivity contribution in [1.82, 2.24) is 0 Å². The van der Waals surface area contributed by atoms with Gasteiger partial charge in [0.15, 0.2) is 48.8 Å². The summed E-state index contributed by atoms with van der Waals surface area (Å²) in [6.07, 6.45) is 9.79. The minimum absolute atomic E-state index is 0.142. The van der Waals surface area contributed by atoms with Crippen LogP contribution in [0.5, 0.6) is 34.5 Å². The largest absolute Gasteiger partial charge is 0.493 e. The van der Waals surface area contributed by atoms with Gasteiger partial charge in [0.1, 0.15) is 18.3 Å². The predicted octanol–water partition coefficient (Wildman–Crippen LogP) is 10.9. The Hall–Kier alpha value is -7.04. The summed E-state index contributed by atoms with van der Waals surface area (Å²) in [7, 11) is 3.06. The minimum atomic E-state index is -1.16. The standard InChI is InChI=1S/C55H64O16/c1-11-66-70-68-50-34(4)22-42(26-38(50)30-57)55(44-24-36(6)52(46(28-44)63-10)69-71-67-12-2)19-15-40(16-20-55)53(7,8)39-13-17-54(18-14-39,41-21-33(3)49(37(25-41)29-56)64-31-47(58)59)43-23-35(5)51(45(27-43)62-9)65-32-48(60)61/h11-12,21-30,39-40H,1-2,13-20,31-32H2,3-10H3,(H,58,59)(H,60,61). The van der Waals surface area contributed by atoms with Crippen LogP contribution in [-0.2, 0) is 40.3 Å². The Morgan fingerprint density at radius 2 is 0.930 bits per heavy atom. The summed E-state index contributed by atoms with van der Waals surface area (Å²) in [5, 5.41) is 28.5. The molecule has 0 aromatic heterocycles. The predicted molar refractivity (Wildman–Crippen MR) is 260 cm³/mol. The molecular formula is C55H64O16. The van der Waals surface area contributed by atoms with Gasteiger partial charge in [0, 0.05) is 20.9 Å². The third-order valence-corrected chi connectivity index (χ3v) is 14.9. The second-order valence-electron chi connectivity index (χ2n) is 19.0. The SMILES string of the molecule is C=COOOc1c(C)cc(C2(c3cc(C)c(OOOC=C)c(OC)c3)CCC(C(C)(C)C3CCC(c4cc(C)c(OCC(=O)O)c(C=O)c4)(c4cc(C)c(OCC(=O)O)c(OC)c4)CC3)CC2)cc1C=O. The van der Waals surface area contributed by atoms with E-state index in [4.69, 9.17) is 48.6 Å². The summed E-state index contributed by atoms with van der Waals surface area (Å²) in [4.78, 5) is 68.8. The summed E-state index contributed by atoms with van der Waals surface area (Å²) < 4.78 is 23.0. The quantitative estimate of drug-likeness (QED) is 0.0220. The van der Waals surface area contributed by atoms with E-state index in [2.05, 4.69) is 27.0 Å². The van der Waals surface area contributed by atoms with E-state index in [-0.39, 0.29) is 34.0 Å². The van der Waals surface area contributed by atoms with Gasteiger partial charge in [-0.15, -0.1) is 0 Å². The molecule has 16 nitrogen and oxygen atoms in total. The zero-order chi connectivity index (χ0) is 51.7. The molecule has 2 N–H and O–H groups in total. The fourth-order valence-electron chi connectivity index (χ4n) is 11.2. The highest BCUT2D eigenvalue weighted by Crippen LogP contribution is 2.58. The van der Waals surface area contributed by atoms with Crippen molar-refractivity contribution in [2.75, 3.05) is 27.4 Å². The maximum atomic E-state index is 12.7. The maximum Gasteiger partial charge on any atom is 0.341 e. The number of aldehydes is 2. The molecule has 2 aliphatic rings. The number of hydrogen-bond donors (Lipinski definition) is 2. The number of hydrogen-bond acceptors (Lipinski definition) is 14. The van der Waals surface area contributed by atoms with E-state index in [1.54, 1.807) is 20.1 Å². The van der Waals surface area contributed by atoms with E-state index in [1.807, 2.05) is 63.2 Å². The lowest BCUT2D eigenvalue weighted by atomic mass is 9.53. The first kappa shape index (κ1) is 53.3. The van der Waals surface area contributed by atoms with Gasteiger partial charge in [-0.3, -0.25) is 19.4 Å². The molecule has 0 atom stereocenters. The average molecular weight is 981 g/mol. The van der Waals surface area contributed by atoms with E-state index in [0.717, 1.165) is 85.2 Å². The normalized spacial score (nSPS) is 19.9. The zero-order valence-electron chi connectivity index (χ0n) is 41.7. The van der Waals surface area contributed by atoms with Crippen molar-refractivity contribution in [2.45, 2.75) is 104 Å². The molecule has 0 spiro atoms. The van der Waals surface area contributed by atoms with Crippen LogP contribution in [0.4, 0.5) is 0 Å². The molecular weight excluding hydrogens is 917 g/mol. The first-order valence-corrected chi connectivity index (χ1v) is 23.4. The molecule has 0 unspecified atom stereocenters. The molecule has 0 heterocycles. The number of aliphatic carboxylic acids is 2. The molecule has 0 amide bonds. The van der Waals surface area contributed by atoms with Crippen molar-refractivity contribution < 1.29 is 78.0 Å². The van der Waals surface area contributed by atoms with E-state index in [9.17, 15) is 29.4 Å². The number of carbonyl (C=O) groups is 4. The number of ether oxygens (including phenoxy) is 4. The van der Waals surface area contributed by atoms with Gasteiger partial charge in [-0.2, -0.15) is 0 Å². The Labute approximate surface area is 414 Å². The van der Waals surface area contributed by atoms with Crippen LogP contribution in [0, 0.1) is 44.9 Å². The molecule has 2 saturated carbocycles. The van der Waals surface area contributed by atoms with E-state index >= 15 is 0 Å². The first-order chi connectivity index (χ1) is 33.9. The van der Waals surface area contributed by atoms with Crippen LogP contribution in [0.1, 0.15) is 130 Å². The number of methoxy groups -OCH3 is 2. The molecule has 0 saturated heterocycles. The first-order valence-electron chi connectivity index (χ1n) is 23.4. The van der Waals surface area contributed by atoms with Crippen LogP contribution in [0.3, 0.4) is 0 Å². The molecule has 2 fully saturated rings. The number of carboxylic acid groups (broad SMARTS) is 2. The van der Waals surface area contributed by atoms with Crippen molar-refractivity contribution in [1.29, 1.82) is 0 Å². The Kier molecular flexibility index (Phi) is 17.1. The summed E-state index contributed by atoms with van der Waals surface area (Å²) in [6, 6.07) is 15.5. The fourth-order valence-corrected chi connectivity index (χ4v) is 11.2. The second-order valence-corrected chi connectivity index (χ2v) is 19.0. The number of carboxylic acids is 2. The average Bonchev–Trinajstić information content (AvgIpc) is 3.35. The highest BCUT2D eigenvalue weighted by molar-refractivity contribution is 5.82. The highest BCUT2D eigenvalue weighted by atomic mass is 17.5.